The molecule has 0 saturated carbocycles. The molecule has 3 nitrogen and oxygen atoms in total. The van der Waals surface area contributed by atoms with Gasteiger partial charge in [-0.1, -0.05) is 36.4 Å². The van der Waals surface area contributed by atoms with Gasteiger partial charge in [0.05, 0.1) is 6.21 Å². The van der Waals surface area contributed by atoms with Gasteiger partial charge in [0.1, 0.15) is 12.4 Å². The van der Waals surface area contributed by atoms with Crippen molar-refractivity contribution in [1.29, 1.82) is 0 Å². The lowest BCUT2D eigenvalue weighted by molar-refractivity contribution is 0.305. The van der Waals surface area contributed by atoms with Crippen molar-refractivity contribution in [3.05, 3.63) is 65.2 Å². The molecule has 0 heterocycles. The number of rotatable bonds is 4. The fraction of sp³-hybridized carbons (Fsp3) is 0.133. The number of aryl methyl sites for hydroxylation is 1. The van der Waals surface area contributed by atoms with Crippen LogP contribution in [0.4, 0.5) is 0 Å². The molecule has 0 amide bonds. The Bertz CT molecular complexity index is 535. The number of nitrogens with zero attached hydrogens (tertiary/aromatic N) is 1. The largest absolute Gasteiger partial charge is 0.488 e. The second-order valence-electron chi connectivity index (χ2n) is 4.09. The zero-order valence-electron chi connectivity index (χ0n) is 10.3. The van der Waals surface area contributed by atoms with Crippen LogP contribution in [-0.2, 0) is 6.61 Å². The van der Waals surface area contributed by atoms with Crippen LogP contribution in [0.5, 0.6) is 5.75 Å². The Balaban J connectivity index is 2.15. The van der Waals surface area contributed by atoms with E-state index in [1.54, 1.807) is 6.21 Å². The topological polar surface area (TPSA) is 47.6 Å². The summed E-state index contributed by atoms with van der Waals surface area (Å²) in [5, 5.41) is 3.55. The molecule has 0 spiro atoms. The van der Waals surface area contributed by atoms with E-state index in [4.69, 9.17) is 10.6 Å². The molecule has 0 radical (unpaired) electrons. The number of nitrogens with two attached hydrogens (primary N) is 1. The average molecular weight is 240 g/mol. The van der Waals surface area contributed by atoms with Crippen molar-refractivity contribution in [2.24, 2.45) is 10.9 Å². The molecule has 2 aromatic rings. The first kappa shape index (κ1) is 12.2. The van der Waals surface area contributed by atoms with Gasteiger partial charge in [-0.2, -0.15) is 5.10 Å². The Morgan fingerprint density at radius 1 is 1.17 bits per heavy atom. The van der Waals surface area contributed by atoms with Gasteiger partial charge in [0.25, 0.3) is 0 Å². The summed E-state index contributed by atoms with van der Waals surface area (Å²) in [6.45, 7) is 2.56. The maximum Gasteiger partial charge on any atom is 0.128 e. The maximum absolute atomic E-state index is 5.81. The highest BCUT2D eigenvalue weighted by Crippen LogP contribution is 2.20. The van der Waals surface area contributed by atoms with E-state index < -0.39 is 0 Å². The highest BCUT2D eigenvalue weighted by molar-refractivity contribution is 5.83. The molecule has 0 fully saturated rings. The number of hydrogen-bond acceptors (Lipinski definition) is 3. The van der Waals surface area contributed by atoms with Crippen molar-refractivity contribution < 1.29 is 4.74 Å². The Hall–Kier alpha value is -2.29. The fourth-order valence-electron chi connectivity index (χ4n) is 1.69. The van der Waals surface area contributed by atoms with Crippen molar-refractivity contribution in [3.63, 3.8) is 0 Å². The van der Waals surface area contributed by atoms with Gasteiger partial charge in [-0.25, -0.2) is 0 Å². The highest BCUT2D eigenvalue weighted by atomic mass is 16.5. The number of ether oxygens (including phenoxy) is 1. The monoisotopic (exact) mass is 240 g/mol. The zero-order valence-corrected chi connectivity index (χ0v) is 10.3. The van der Waals surface area contributed by atoms with E-state index in [9.17, 15) is 0 Å². The van der Waals surface area contributed by atoms with Crippen molar-refractivity contribution in [1.82, 2.24) is 0 Å². The standard InChI is InChI=1S/C15H16N2O/c1-12-7-8-14(10-17-16)15(9-12)18-11-13-5-3-2-4-6-13/h2-10H,11,16H2,1H3. The third kappa shape index (κ3) is 3.10. The lowest BCUT2D eigenvalue weighted by Gasteiger charge is -2.10. The van der Waals surface area contributed by atoms with E-state index in [2.05, 4.69) is 5.10 Å². The Morgan fingerprint density at radius 3 is 2.67 bits per heavy atom. The number of benzene rings is 2. The van der Waals surface area contributed by atoms with E-state index >= 15 is 0 Å². The molecule has 3 heteroatoms. The van der Waals surface area contributed by atoms with Crippen LogP contribution in [0.3, 0.4) is 0 Å². The quantitative estimate of drug-likeness (QED) is 0.507. The minimum absolute atomic E-state index is 0.537. The Labute approximate surface area is 107 Å². The molecular weight excluding hydrogens is 224 g/mol. The van der Waals surface area contributed by atoms with Crippen molar-refractivity contribution >= 4 is 6.21 Å². The van der Waals surface area contributed by atoms with E-state index in [-0.39, 0.29) is 0 Å². The molecule has 0 atom stereocenters. The highest BCUT2D eigenvalue weighted by Gasteiger charge is 2.02. The molecule has 0 unspecified atom stereocenters. The van der Waals surface area contributed by atoms with E-state index in [0.717, 1.165) is 22.4 Å². The summed E-state index contributed by atoms with van der Waals surface area (Å²) < 4.78 is 5.81. The predicted octanol–water partition coefficient (Wildman–Crippen LogP) is 2.87. The van der Waals surface area contributed by atoms with Gasteiger partial charge < -0.3 is 10.6 Å². The first-order valence-electron chi connectivity index (χ1n) is 5.80. The molecule has 2 rings (SSSR count). The van der Waals surface area contributed by atoms with Crippen LogP contribution in [0.15, 0.2) is 53.6 Å². The summed E-state index contributed by atoms with van der Waals surface area (Å²) in [5.74, 6) is 5.99. The SMILES string of the molecule is Cc1ccc(C=NN)c(OCc2ccccc2)c1. The number of hydrogen-bond donors (Lipinski definition) is 1. The molecule has 0 aliphatic heterocycles. The van der Waals surface area contributed by atoms with Crippen LogP contribution in [-0.4, -0.2) is 6.21 Å². The maximum atomic E-state index is 5.81. The van der Waals surface area contributed by atoms with Crippen LogP contribution in [0.2, 0.25) is 0 Å². The van der Waals surface area contributed by atoms with Gasteiger partial charge in [-0.15, -0.1) is 0 Å². The Morgan fingerprint density at radius 2 is 1.94 bits per heavy atom. The van der Waals surface area contributed by atoms with Crippen molar-refractivity contribution in [2.45, 2.75) is 13.5 Å². The molecule has 92 valence electrons. The van der Waals surface area contributed by atoms with E-state index in [1.807, 2.05) is 55.5 Å². The van der Waals surface area contributed by atoms with Crippen LogP contribution in [0, 0.1) is 6.92 Å². The van der Waals surface area contributed by atoms with Crippen LogP contribution < -0.4 is 10.6 Å². The van der Waals surface area contributed by atoms with E-state index in [0.29, 0.717) is 6.61 Å². The van der Waals surface area contributed by atoms with Gasteiger partial charge in [0, 0.05) is 5.56 Å². The summed E-state index contributed by atoms with van der Waals surface area (Å²) in [5.41, 5.74) is 3.17. The molecule has 18 heavy (non-hydrogen) atoms. The molecule has 0 bridgehead atoms. The second kappa shape index (κ2) is 5.87. The summed E-state index contributed by atoms with van der Waals surface area (Å²) in [7, 11) is 0. The van der Waals surface area contributed by atoms with Crippen molar-refractivity contribution in [2.75, 3.05) is 0 Å². The zero-order chi connectivity index (χ0) is 12.8. The minimum Gasteiger partial charge on any atom is -0.488 e. The predicted molar refractivity (Wildman–Crippen MR) is 73.7 cm³/mol. The summed E-state index contributed by atoms with van der Waals surface area (Å²) in [6, 6.07) is 16.0. The first-order valence-corrected chi connectivity index (χ1v) is 5.80. The van der Waals surface area contributed by atoms with Crippen LogP contribution in [0.1, 0.15) is 16.7 Å². The van der Waals surface area contributed by atoms with Crippen LogP contribution >= 0.6 is 0 Å². The average Bonchev–Trinajstić information content (AvgIpc) is 2.40. The molecule has 0 saturated heterocycles. The summed E-state index contributed by atoms with van der Waals surface area (Å²) in [4.78, 5) is 0. The number of hydrazone groups is 1. The molecule has 2 N–H and O–H groups in total. The van der Waals surface area contributed by atoms with Gasteiger partial charge >= 0.3 is 0 Å². The smallest absolute Gasteiger partial charge is 0.128 e. The van der Waals surface area contributed by atoms with Gasteiger partial charge in [0.15, 0.2) is 0 Å². The molecule has 0 aromatic heterocycles. The van der Waals surface area contributed by atoms with Gasteiger partial charge in [-0.3, -0.25) is 0 Å². The Kier molecular flexibility index (Phi) is 3.97. The fourth-order valence-corrected chi connectivity index (χ4v) is 1.69. The first-order chi connectivity index (χ1) is 8.79. The van der Waals surface area contributed by atoms with Crippen molar-refractivity contribution in [3.8, 4) is 5.75 Å². The third-order valence-corrected chi connectivity index (χ3v) is 2.62. The lowest BCUT2D eigenvalue weighted by Crippen LogP contribution is -1.99. The second-order valence-corrected chi connectivity index (χ2v) is 4.09. The molecule has 0 aliphatic carbocycles. The molecule has 2 aromatic carbocycles. The summed E-state index contributed by atoms with van der Waals surface area (Å²) >= 11 is 0. The van der Waals surface area contributed by atoms with E-state index in [1.165, 1.54) is 0 Å². The van der Waals surface area contributed by atoms with Crippen LogP contribution in [0.25, 0.3) is 0 Å². The molecular formula is C15H16N2O. The summed E-state index contributed by atoms with van der Waals surface area (Å²) in [6.07, 6.45) is 1.60. The molecule has 0 aliphatic rings. The lowest BCUT2D eigenvalue weighted by atomic mass is 10.1. The third-order valence-electron chi connectivity index (χ3n) is 2.62. The van der Waals surface area contributed by atoms with Gasteiger partial charge in [-0.05, 0) is 30.2 Å². The minimum atomic E-state index is 0.537. The normalized spacial score (nSPS) is 10.7. The van der Waals surface area contributed by atoms with Gasteiger partial charge in [0.2, 0.25) is 0 Å².